The van der Waals surface area contributed by atoms with Crippen molar-refractivity contribution < 1.29 is 8.78 Å². The summed E-state index contributed by atoms with van der Waals surface area (Å²) in [6.07, 6.45) is 0. The van der Waals surface area contributed by atoms with Crippen molar-refractivity contribution in [3.05, 3.63) is 51.6 Å². The van der Waals surface area contributed by atoms with Crippen LogP contribution in [-0.2, 0) is 0 Å². The molecule has 0 atom stereocenters. The highest BCUT2D eigenvalue weighted by Gasteiger charge is 2.13. The molecule has 0 radical (unpaired) electrons. The Hall–Kier alpha value is -2.04. The van der Waals surface area contributed by atoms with Crippen LogP contribution in [0.4, 0.5) is 8.78 Å². The first-order chi connectivity index (χ1) is 8.90. The van der Waals surface area contributed by atoms with Gasteiger partial charge in [0.05, 0.1) is 5.69 Å². The van der Waals surface area contributed by atoms with Gasteiger partial charge in [-0.05, 0) is 25.1 Å². The molecule has 100 valence electrons. The van der Waals surface area contributed by atoms with Crippen molar-refractivity contribution in [2.24, 2.45) is 0 Å². The van der Waals surface area contributed by atoms with Gasteiger partial charge in [0.25, 0.3) is 5.56 Å². The fourth-order valence-electron chi connectivity index (χ4n) is 1.75. The molecule has 19 heavy (non-hydrogen) atoms. The molecule has 2 aromatic rings. The maximum absolute atomic E-state index is 13.3. The fraction of sp³-hybridized carbons (Fsp3) is 0.286. The SMILES string of the molecule is Cc1c(-c2ccc(F)c(F)c2)nc(C(C)C)[nH]c1=O. The van der Waals surface area contributed by atoms with E-state index in [1.54, 1.807) is 6.92 Å². The van der Waals surface area contributed by atoms with Gasteiger partial charge in [-0.15, -0.1) is 0 Å². The molecule has 3 nitrogen and oxygen atoms in total. The van der Waals surface area contributed by atoms with Crippen LogP contribution in [0.2, 0.25) is 0 Å². The molecule has 0 unspecified atom stereocenters. The predicted molar refractivity (Wildman–Crippen MR) is 69.0 cm³/mol. The second-order valence-corrected chi connectivity index (χ2v) is 4.71. The summed E-state index contributed by atoms with van der Waals surface area (Å²) in [5.41, 5.74) is 0.893. The summed E-state index contributed by atoms with van der Waals surface area (Å²) in [5, 5.41) is 0. The van der Waals surface area contributed by atoms with Crippen LogP contribution in [0, 0.1) is 18.6 Å². The first kappa shape index (κ1) is 13.4. The molecule has 0 aliphatic rings. The zero-order valence-corrected chi connectivity index (χ0v) is 10.9. The second kappa shape index (κ2) is 4.91. The number of nitrogens with zero attached hydrogens (tertiary/aromatic N) is 1. The van der Waals surface area contributed by atoms with Gasteiger partial charge in [0.2, 0.25) is 0 Å². The van der Waals surface area contributed by atoms with Crippen molar-refractivity contribution in [1.82, 2.24) is 9.97 Å². The number of H-pyrrole nitrogens is 1. The lowest BCUT2D eigenvalue weighted by Gasteiger charge is -2.10. The standard InChI is InChI=1S/C14H14F2N2O/c1-7(2)13-17-12(8(3)14(19)18-13)9-4-5-10(15)11(16)6-9/h4-7H,1-3H3,(H,17,18,19). The predicted octanol–water partition coefficient (Wildman–Crippen LogP) is 3.15. The van der Waals surface area contributed by atoms with Gasteiger partial charge in [-0.1, -0.05) is 13.8 Å². The summed E-state index contributed by atoms with van der Waals surface area (Å²) in [4.78, 5) is 18.8. The van der Waals surface area contributed by atoms with E-state index in [-0.39, 0.29) is 11.5 Å². The van der Waals surface area contributed by atoms with E-state index >= 15 is 0 Å². The maximum atomic E-state index is 13.3. The van der Waals surface area contributed by atoms with Crippen LogP contribution in [0.3, 0.4) is 0 Å². The van der Waals surface area contributed by atoms with Crippen LogP contribution >= 0.6 is 0 Å². The molecular weight excluding hydrogens is 250 g/mol. The van der Waals surface area contributed by atoms with E-state index in [0.29, 0.717) is 22.6 Å². The number of benzene rings is 1. The lowest BCUT2D eigenvalue weighted by molar-refractivity contribution is 0.509. The first-order valence-corrected chi connectivity index (χ1v) is 5.96. The van der Waals surface area contributed by atoms with Crippen molar-refractivity contribution in [2.45, 2.75) is 26.7 Å². The number of aromatic amines is 1. The number of aromatic nitrogens is 2. The molecule has 1 aromatic carbocycles. The minimum Gasteiger partial charge on any atom is -0.310 e. The molecule has 0 amide bonds. The van der Waals surface area contributed by atoms with Gasteiger partial charge >= 0.3 is 0 Å². The molecule has 0 aliphatic carbocycles. The van der Waals surface area contributed by atoms with Crippen molar-refractivity contribution in [1.29, 1.82) is 0 Å². The smallest absolute Gasteiger partial charge is 0.254 e. The molecule has 0 fully saturated rings. The average molecular weight is 264 g/mol. The highest BCUT2D eigenvalue weighted by atomic mass is 19.2. The van der Waals surface area contributed by atoms with Crippen LogP contribution in [0.25, 0.3) is 11.3 Å². The van der Waals surface area contributed by atoms with Gasteiger partial charge in [-0.2, -0.15) is 0 Å². The molecule has 5 heteroatoms. The molecule has 0 saturated heterocycles. The van der Waals surface area contributed by atoms with Gasteiger partial charge < -0.3 is 4.98 Å². The van der Waals surface area contributed by atoms with Gasteiger partial charge in [0, 0.05) is 17.0 Å². The molecule has 0 spiro atoms. The van der Waals surface area contributed by atoms with Crippen molar-refractivity contribution in [2.75, 3.05) is 0 Å². The van der Waals surface area contributed by atoms with E-state index in [2.05, 4.69) is 9.97 Å². The average Bonchev–Trinajstić information content (AvgIpc) is 2.35. The van der Waals surface area contributed by atoms with Crippen LogP contribution in [0.15, 0.2) is 23.0 Å². The normalized spacial score (nSPS) is 11.1. The summed E-state index contributed by atoms with van der Waals surface area (Å²) < 4.78 is 26.2. The Balaban J connectivity index is 2.67. The Labute approximate surface area is 109 Å². The summed E-state index contributed by atoms with van der Waals surface area (Å²) in [6, 6.07) is 3.49. The van der Waals surface area contributed by atoms with Crippen LogP contribution in [0.1, 0.15) is 31.2 Å². The zero-order valence-electron chi connectivity index (χ0n) is 10.9. The zero-order chi connectivity index (χ0) is 14.2. The molecular formula is C14H14F2N2O. The van der Waals surface area contributed by atoms with Crippen molar-refractivity contribution in [3.63, 3.8) is 0 Å². The van der Waals surface area contributed by atoms with Crippen molar-refractivity contribution in [3.8, 4) is 11.3 Å². The summed E-state index contributed by atoms with van der Waals surface area (Å²) in [7, 11) is 0. The lowest BCUT2D eigenvalue weighted by Crippen LogP contribution is -2.17. The van der Waals surface area contributed by atoms with Gasteiger partial charge in [-0.25, -0.2) is 13.8 Å². The number of hydrogen-bond donors (Lipinski definition) is 1. The summed E-state index contributed by atoms with van der Waals surface area (Å²) in [6.45, 7) is 5.39. The monoisotopic (exact) mass is 264 g/mol. The number of rotatable bonds is 2. The lowest BCUT2D eigenvalue weighted by atomic mass is 10.1. The second-order valence-electron chi connectivity index (χ2n) is 4.71. The molecule has 1 N–H and O–H groups in total. The number of halogens is 2. The number of hydrogen-bond acceptors (Lipinski definition) is 2. The molecule has 0 bridgehead atoms. The molecule has 2 rings (SSSR count). The fourth-order valence-corrected chi connectivity index (χ4v) is 1.75. The Morgan fingerprint density at radius 2 is 1.89 bits per heavy atom. The van der Waals surface area contributed by atoms with Crippen LogP contribution in [-0.4, -0.2) is 9.97 Å². The first-order valence-electron chi connectivity index (χ1n) is 5.96. The highest BCUT2D eigenvalue weighted by Crippen LogP contribution is 2.22. The van der Waals surface area contributed by atoms with Gasteiger partial charge in [0.1, 0.15) is 5.82 Å². The van der Waals surface area contributed by atoms with E-state index in [0.717, 1.165) is 12.1 Å². The molecule has 1 aromatic heterocycles. The third-order valence-corrected chi connectivity index (χ3v) is 2.91. The van der Waals surface area contributed by atoms with E-state index in [4.69, 9.17) is 0 Å². The maximum Gasteiger partial charge on any atom is 0.254 e. The van der Waals surface area contributed by atoms with E-state index in [9.17, 15) is 13.6 Å². The third-order valence-electron chi connectivity index (χ3n) is 2.91. The van der Waals surface area contributed by atoms with E-state index in [1.165, 1.54) is 6.07 Å². The Morgan fingerprint density at radius 1 is 1.21 bits per heavy atom. The highest BCUT2D eigenvalue weighted by molar-refractivity contribution is 5.62. The van der Waals surface area contributed by atoms with Crippen molar-refractivity contribution >= 4 is 0 Å². The Kier molecular flexibility index (Phi) is 3.46. The van der Waals surface area contributed by atoms with Crippen LogP contribution in [0.5, 0.6) is 0 Å². The molecule has 0 saturated carbocycles. The minimum atomic E-state index is -0.954. The molecule has 0 aliphatic heterocycles. The van der Waals surface area contributed by atoms with Gasteiger partial charge in [-0.3, -0.25) is 4.79 Å². The quantitative estimate of drug-likeness (QED) is 0.905. The van der Waals surface area contributed by atoms with E-state index < -0.39 is 11.6 Å². The van der Waals surface area contributed by atoms with Gasteiger partial charge in [0.15, 0.2) is 11.6 Å². The largest absolute Gasteiger partial charge is 0.310 e. The third kappa shape index (κ3) is 2.54. The Bertz CT molecular complexity index is 678. The topological polar surface area (TPSA) is 45.8 Å². The van der Waals surface area contributed by atoms with Crippen LogP contribution < -0.4 is 5.56 Å². The molecule has 1 heterocycles. The summed E-state index contributed by atoms with van der Waals surface area (Å²) in [5.74, 6) is -1.31. The number of nitrogens with one attached hydrogen (secondary N) is 1. The Morgan fingerprint density at radius 3 is 2.47 bits per heavy atom. The minimum absolute atomic E-state index is 0.0392. The van der Waals surface area contributed by atoms with E-state index in [1.807, 2.05) is 13.8 Å². The summed E-state index contributed by atoms with van der Waals surface area (Å²) >= 11 is 0.